The number of nitrogens with one attached hydrogen (secondary N) is 1. The van der Waals surface area contributed by atoms with Crippen molar-refractivity contribution < 1.29 is 42.5 Å². The summed E-state index contributed by atoms with van der Waals surface area (Å²) in [6, 6.07) is 6.76. The molecule has 0 fully saturated rings. The van der Waals surface area contributed by atoms with E-state index in [2.05, 4.69) is 20.8 Å². The first kappa shape index (κ1) is 15.9. The van der Waals surface area contributed by atoms with Gasteiger partial charge in [0.2, 0.25) is 0 Å². The van der Waals surface area contributed by atoms with E-state index in [-0.39, 0.29) is 40.7 Å². The average molecular weight is 251 g/mol. The van der Waals surface area contributed by atoms with E-state index in [1.165, 1.54) is 0 Å². The molecule has 1 aromatic carbocycles. The molecule has 0 aromatic heterocycles. The van der Waals surface area contributed by atoms with Gasteiger partial charge in [-0.1, -0.05) is 32.9 Å². The zero-order valence-corrected chi connectivity index (χ0v) is 12.8. The minimum Gasteiger partial charge on any atom is -0.731 e. The fourth-order valence-corrected chi connectivity index (χ4v) is 1.61. The number of benzene rings is 1. The van der Waals surface area contributed by atoms with Crippen LogP contribution in [0, 0.1) is 0 Å². The van der Waals surface area contributed by atoms with E-state index in [9.17, 15) is 13.0 Å². The second-order valence-corrected chi connectivity index (χ2v) is 5.50. The van der Waals surface area contributed by atoms with Gasteiger partial charge in [-0.3, -0.25) is 4.72 Å². The number of anilines is 1. The SMILES string of the molecule is CC(C)(C)c1ccc(NS(=O)(=O)[O-])cc1.[Na+]. The van der Waals surface area contributed by atoms with Crippen LogP contribution in [0.15, 0.2) is 24.3 Å². The fraction of sp³-hybridized carbons (Fsp3) is 0.400. The molecule has 6 heteroatoms. The molecular formula is C10H14NNaO3S. The topological polar surface area (TPSA) is 69.2 Å². The summed E-state index contributed by atoms with van der Waals surface area (Å²) in [4.78, 5) is 0. The van der Waals surface area contributed by atoms with Crippen molar-refractivity contribution in [1.29, 1.82) is 0 Å². The molecule has 0 aliphatic rings. The van der Waals surface area contributed by atoms with Crippen molar-refractivity contribution in [2.45, 2.75) is 26.2 Å². The second-order valence-electron chi connectivity index (χ2n) is 4.38. The molecule has 0 spiro atoms. The Morgan fingerprint density at radius 3 is 1.88 bits per heavy atom. The molecular weight excluding hydrogens is 237 g/mol. The molecule has 0 heterocycles. The van der Waals surface area contributed by atoms with E-state index in [0.717, 1.165) is 5.56 Å². The van der Waals surface area contributed by atoms with E-state index in [4.69, 9.17) is 0 Å². The Labute approximate surface area is 119 Å². The first-order valence-electron chi connectivity index (χ1n) is 4.53. The van der Waals surface area contributed by atoms with E-state index < -0.39 is 10.3 Å². The molecule has 4 nitrogen and oxygen atoms in total. The van der Waals surface area contributed by atoms with Crippen molar-refractivity contribution >= 4 is 16.0 Å². The van der Waals surface area contributed by atoms with Gasteiger partial charge in [0.1, 0.15) is 0 Å². The van der Waals surface area contributed by atoms with Crippen molar-refractivity contribution in [1.82, 2.24) is 0 Å². The molecule has 84 valence electrons. The Hall–Kier alpha value is -0.0700. The van der Waals surface area contributed by atoms with Gasteiger partial charge in [0.05, 0.1) is 0 Å². The molecule has 1 rings (SSSR count). The summed E-state index contributed by atoms with van der Waals surface area (Å²) in [6.07, 6.45) is 0. The summed E-state index contributed by atoms with van der Waals surface area (Å²) in [5.74, 6) is 0. The maximum absolute atomic E-state index is 10.4. The molecule has 0 atom stereocenters. The molecule has 0 aliphatic carbocycles. The monoisotopic (exact) mass is 251 g/mol. The van der Waals surface area contributed by atoms with E-state index >= 15 is 0 Å². The Kier molecular flexibility index (Phi) is 5.49. The first-order chi connectivity index (χ1) is 6.68. The van der Waals surface area contributed by atoms with Crippen LogP contribution in [0.2, 0.25) is 0 Å². The van der Waals surface area contributed by atoms with Crippen LogP contribution < -0.4 is 34.3 Å². The van der Waals surface area contributed by atoms with Gasteiger partial charge in [-0.25, -0.2) is 8.42 Å². The maximum Gasteiger partial charge on any atom is 1.00 e. The van der Waals surface area contributed by atoms with Crippen molar-refractivity contribution in [3.05, 3.63) is 29.8 Å². The van der Waals surface area contributed by atoms with Crippen LogP contribution in [0.1, 0.15) is 26.3 Å². The Bertz CT molecular complexity index is 434. The van der Waals surface area contributed by atoms with Gasteiger partial charge in [0.15, 0.2) is 10.3 Å². The predicted molar refractivity (Wildman–Crippen MR) is 58.5 cm³/mol. The van der Waals surface area contributed by atoms with E-state index in [1.807, 2.05) is 4.72 Å². The average Bonchev–Trinajstić information content (AvgIpc) is 2.00. The molecule has 0 bridgehead atoms. The normalized spacial score (nSPS) is 11.8. The van der Waals surface area contributed by atoms with Crippen LogP contribution in [0.25, 0.3) is 0 Å². The Morgan fingerprint density at radius 1 is 1.12 bits per heavy atom. The summed E-state index contributed by atoms with van der Waals surface area (Å²) in [5, 5.41) is 0. The predicted octanol–water partition coefficient (Wildman–Crippen LogP) is -1.14. The minimum atomic E-state index is -4.43. The smallest absolute Gasteiger partial charge is 0.731 e. The van der Waals surface area contributed by atoms with E-state index in [1.54, 1.807) is 24.3 Å². The minimum absolute atomic E-state index is 0. The Balaban J connectivity index is 0.00000225. The molecule has 0 saturated carbocycles. The van der Waals surface area contributed by atoms with Gasteiger partial charge in [-0.05, 0) is 23.1 Å². The molecule has 1 aromatic rings. The summed E-state index contributed by atoms with van der Waals surface area (Å²) < 4.78 is 33.1. The van der Waals surface area contributed by atoms with Crippen LogP contribution in [0.4, 0.5) is 5.69 Å². The second kappa shape index (κ2) is 5.51. The quantitative estimate of drug-likeness (QED) is 0.533. The van der Waals surface area contributed by atoms with Crippen LogP contribution in [-0.4, -0.2) is 13.0 Å². The van der Waals surface area contributed by atoms with Gasteiger partial charge in [-0.15, -0.1) is 0 Å². The number of hydrogen-bond acceptors (Lipinski definition) is 3. The van der Waals surface area contributed by atoms with Crippen LogP contribution in [0.5, 0.6) is 0 Å². The third kappa shape index (κ3) is 5.32. The largest absolute Gasteiger partial charge is 1.00 e. The van der Waals surface area contributed by atoms with Gasteiger partial charge in [0.25, 0.3) is 0 Å². The standard InChI is InChI=1S/C10H15NO3S.Na/c1-10(2,3)8-4-6-9(7-5-8)11-15(12,13)14;/h4-7,11H,1-3H3,(H,12,13,14);/q;+1/p-1. The van der Waals surface area contributed by atoms with Gasteiger partial charge in [-0.2, -0.15) is 0 Å². The summed E-state index contributed by atoms with van der Waals surface area (Å²) >= 11 is 0. The summed E-state index contributed by atoms with van der Waals surface area (Å²) in [5.41, 5.74) is 1.38. The fourth-order valence-electron chi connectivity index (χ4n) is 1.18. The maximum atomic E-state index is 10.4. The van der Waals surface area contributed by atoms with Crippen LogP contribution in [0.3, 0.4) is 0 Å². The zero-order valence-electron chi connectivity index (χ0n) is 9.94. The zero-order chi connectivity index (χ0) is 11.7. The summed E-state index contributed by atoms with van der Waals surface area (Å²) in [6.45, 7) is 6.17. The van der Waals surface area contributed by atoms with Gasteiger partial charge in [0, 0.05) is 5.69 Å². The molecule has 0 aliphatic heterocycles. The molecule has 1 N–H and O–H groups in total. The molecule has 0 radical (unpaired) electrons. The van der Waals surface area contributed by atoms with Crippen LogP contribution in [-0.2, 0) is 15.7 Å². The third-order valence-electron chi connectivity index (χ3n) is 1.99. The number of rotatable bonds is 2. The van der Waals surface area contributed by atoms with Gasteiger partial charge < -0.3 is 4.55 Å². The van der Waals surface area contributed by atoms with Crippen molar-refractivity contribution in [3.8, 4) is 0 Å². The Morgan fingerprint density at radius 2 is 1.56 bits per heavy atom. The van der Waals surface area contributed by atoms with Crippen molar-refractivity contribution in [2.75, 3.05) is 4.72 Å². The summed E-state index contributed by atoms with van der Waals surface area (Å²) in [7, 11) is -4.43. The van der Waals surface area contributed by atoms with Crippen molar-refractivity contribution in [2.24, 2.45) is 0 Å². The third-order valence-corrected chi connectivity index (χ3v) is 2.48. The van der Waals surface area contributed by atoms with E-state index in [0.29, 0.717) is 0 Å². The van der Waals surface area contributed by atoms with Crippen LogP contribution >= 0.6 is 0 Å². The number of hydrogen-bond donors (Lipinski definition) is 1. The molecule has 0 amide bonds. The first-order valence-corrected chi connectivity index (χ1v) is 5.93. The molecule has 16 heavy (non-hydrogen) atoms. The molecule has 0 saturated heterocycles. The van der Waals surface area contributed by atoms with Crippen molar-refractivity contribution in [3.63, 3.8) is 0 Å². The molecule has 0 unspecified atom stereocenters. The van der Waals surface area contributed by atoms with Gasteiger partial charge >= 0.3 is 29.6 Å².